The van der Waals surface area contributed by atoms with Crippen LogP contribution in [-0.4, -0.2) is 65.2 Å². The Morgan fingerprint density at radius 3 is 2.30 bits per heavy atom. The molecule has 0 unspecified atom stereocenters. The molecule has 1 aliphatic heterocycles. The standard InChI is InChI=1S/C16H30O7/c1-3-4-5-6-7-8-9-21-16-15(20)14(19)13(18)12(23-16)10-22-11(2)17/h12-16,18-20H,3-10H2,1-2H3/t12-,13+,14+,15-,16-/m1/s1. The topological polar surface area (TPSA) is 105 Å². The minimum absolute atomic E-state index is 0.197. The summed E-state index contributed by atoms with van der Waals surface area (Å²) < 4.78 is 15.7. The largest absolute Gasteiger partial charge is 0.463 e. The van der Waals surface area contributed by atoms with Gasteiger partial charge in [0.1, 0.15) is 31.0 Å². The Morgan fingerprint density at radius 2 is 1.65 bits per heavy atom. The van der Waals surface area contributed by atoms with Crippen LogP contribution in [0.1, 0.15) is 52.4 Å². The van der Waals surface area contributed by atoms with E-state index in [1.807, 2.05) is 0 Å². The molecule has 0 amide bonds. The zero-order valence-electron chi connectivity index (χ0n) is 14.0. The average Bonchev–Trinajstić information content (AvgIpc) is 2.52. The maximum Gasteiger partial charge on any atom is 0.302 e. The molecule has 1 aliphatic rings. The van der Waals surface area contributed by atoms with Gasteiger partial charge in [-0.25, -0.2) is 0 Å². The van der Waals surface area contributed by atoms with Crippen LogP contribution < -0.4 is 0 Å². The van der Waals surface area contributed by atoms with Crippen LogP contribution in [0.25, 0.3) is 0 Å². The highest BCUT2D eigenvalue weighted by molar-refractivity contribution is 5.65. The summed E-state index contributed by atoms with van der Waals surface area (Å²) in [5.74, 6) is -0.508. The fourth-order valence-corrected chi connectivity index (χ4v) is 2.47. The number of hydrogen-bond donors (Lipinski definition) is 3. The van der Waals surface area contributed by atoms with Crippen LogP contribution in [0, 0.1) is 0 Å². The molecular formula is C16H30O7. The highest BCUT2D eigenvalue weighted by Crippen LogP contribution is 2.22. The molecule has 23 heavy (non-hydrogen) atoms. The van der Waals surface area contributed by atoms with E-state index in [0.29, 0.717) is 6.61 Å². The van der Waals surface area contributed by atoms with Crippen LogP contribution in [-0.2, 0) is 19.0 Å². The first-order chi connectivity index (χ1) is 11.0. The van der Waals surface area contributed by atoms with Gasteiger partial charge in [-0.15, -0.1) is 0 Å². The molecule has 0 radical (unpaired) electrons. The van der Waals surface area contributed by atoms with Gasteiger partial charge >= 0.3 is 5.97 Å². The zero-order valence-corrected chi connectivity index (χ0v) is 14.0. The minimum atomic E-state index is -1.40. The second-order valence-electron chi connectivity index (χ2n) is 5.96. The lowest BCUT2D eigenvalue weighted by atomic mass is 9.99. The predicted molar refractivity (Wildman–Crippen MR) is 82.6 cm³/mol. The predicted octanol–water partition coefficient (Wildman–Crippen LogP) is 0.734. The number of esters is 1. The first kappa shape index (κ1) is 20.3. The van der Waals surface area contributed by atoms with Crippen molar-refractivity contribution in [2.75, 3.05) is 13.2 Å². The van der Waals surface area contributed by atoms with Crippen molar-refractivity contribution in [2.24, 2.45) is 0 Å². The number of hydrogen-bond acceptors (Lipinski definition) is 7. The Kier molecular flexibility index (Phi) is 9.66. The van der Waals surface area contributed by atoms with E-state index < -0.39 is 36.7 Å². The lowest BCUT2D eigenvalue weighted by Gasteiger charge is -2.39. The lowest BCUT2D eigenvalue weighted by molar-refractivity contribution is -0.301. The zero-order chi connectivity index (χ0) is 17.2. The molecule has 0 aliphatic carbocycles. The minimum Gasteiger partial charge on any atom is -0.463 e. The van der Waals surface area contributed by atoms with Crippen LogP contribution in [0.4, 0.5) is 0 Å². The Morgan fingerprint density at radius 1 is 1.00 bits per heavy atom. The summed E-state index contributed by atoms with van der Waals surface area (Å²) in [5.41, 5.74) is 0. The molecule has 0 aromatic carbocycles. The molecule has 0 spiro atoms. The molecule has 0 bridgehead atoms. The third kappa shape index (κ3) is 7.14. The van der Waals surface area contributed by atoms with Gasteiger partial charge in [-0.2, -0.15) is 0 Å². The van der Waals surface area contributed by atoms with Crippen molar-refractivity contribution in [2.45, 2.75) is 83.1 Å². The molecule has 136 valence electrons. The van der Waals surface area contributed by atoms with Gasteiger partial charge in [-0.1, -0.05) is 39.0 Å². The summed E-state index contributed by atoms with van der Waals surface area (Å²) in [6.07, 6.45) is 0.604. The molecule has 1 saturated heterocycles. The summed E-state index contributed by atoms with van der Waals surface area (Å²) in [7, 11) is 0. The van der Waals surface area contributed by atoms with Gasteiger partial charge in [0.15, 0.2) is 6.29 Å². The fraction of sp³-hybridized carbons (Fsp3) is 0.938. The Labute approximate surface area is 137 Å². The summed E-state index contributed by atoms with van der Waals surface area (Å²) in [6.45, 7) is 3.61. The summed E-state index contributed by atoms with van der Waals surface area (Å²) in [5, 5.41) is 29.6. The van der Waals surface area contributed by atoms with E-state index in [-0.39, 0.29) is 6.61 Å². The van der Waals surface area contributed by atoms with Crippen LogP contribution in [0.15, 0.2) is 0 Å². The summed E-state index contributed by atoms with van der Waals surface area (Å²) in [4.78, 5) is 10.8. The van der Waals surface area contributed by atoms with Crippen LogP contribution in [0.3, 0.4) is 0 Å². The van der Waals surface area contributed by atoms with E-state index in [4.69, 9.17) is 14.2 Å². The van der Waals surface area contributed by atoms with E-state index >= 15 is 0 Å². The Balaban J connectivity index is 2.33. The van der Waals surface area contributed by atoms with Gasteiger partial charge in [0.2, 0.25) is 0 Å². The molecule has 1 fully saturated rings. The van der Waals surface area contributed by atoms with Crippen molar-refractivity contribution in [3.63, 3.8) is 0 Å². The number of aliphatic hydroxyl groups excluding tert-OH is 3. The van der Waals surface area contributed by atoms with Gasteiger partial charge in [0.05, 0.1) is 0 Å². The van der Waals surface area contributed by atoms with Crippen molar-refractivity contribution in [3.05, 3.63) is 0 Å². The van der Waals surface area contributed by atoms with Gasteiger partial charge in [0.25, 0.3) is 0 Å². The van der Waals surface area contributed by atoms with Gasteiger partial charge in [-0.05, 0) is 6.42 Å². The summed E-state index contributed by atoms with van der Waals surface area (Å²) >= 11 is 0. The third-order valence-corrected chi connectivity index (χ3v) is 3.90. The van der Waals surface area contributed by atoms with E-state index in [9.17, 15) is 20.1 Å². The smallest absolute Gasteiger partial charge is 0.302 e. The van der Waals surface area contributed by atoms with Crippen LogP contribution in [0.2, 0.25) is 0 Å². The number of ether oxygens (including phenoxy) is 3. The van der Waals surface area contributed by atoms with Gasteiger partial charge in [-0.3, -0.25) is 4.79 Å². The molecule has 7 heteroatoms. The maximum atomic E-state index is 10.8. The molecule has 0 aromatic rings. The van der Waals surface area contributed by atoms with Crippen molar-refractivity contribution in [1.29, 1.82) is 0 Å². The molecular weight excluding hydrogens is 304 g/mol. The molecule has 1 heterocycles. The van der Waals surface area contributed by atoms with Crippen LogP contribution >= 0.6 is 0 Å². The SMILES string of the molecule is CCCCCCCCO[C@@H]1O[C@H](COC(C)=O)[C@H](O)[C@H](O)[C@H]1O. The van der Waals surface area contributed by atoms with E-state index in [1.54, 1.807) is 0 Å². The first-order valence-corrected chi connectivity index (χ1v) is 8.42. The first-order valence-electron chi connectivity index (χ1n) is 8.42. The van der Waals surface area contributed by atoms with E-state index in [0.717, 1.165) is 19.3 Å². The van der Waals surface area contributed by atoms with Gasteiger partial charge < -0.3 is 29.5 Å². The van der Waals surface area contributed by atoms with Crippen molar-refractivity contribution in [3.8, 4) is 0 Å². The van der Waals surface area contributed by atoms with Crippen molar-refractivity contribution in [1.82, 2.24) is 0 Å². The fourth-order valence-electron chi connectivity index (χ4n) is 2.47. The number of carbonyl (C=O) groups excluding carboxylic acids is 1. The second kappa shape index (κ2) is 10.9. The molecule has 0 saturated carbocycles. The van der Waals surface area contributed by atoms with E-state index in [2.05, 4.69) is 6.92 Å². The van der Waals surface area contributed by atoms with Gasteiger partial charge in [0, 0.05) is 13.5 Å². The molecule has 5 atom stereocenters. The summed E-state index contributed by atoms with van der Waals surface area (Å²) in [6, 6.07) is 0. The monoisotopic (exact) mass is 334 g/mol. The highest BCUT2D eigenvalue weighted by atomic mass is 16.7. The lowest BCUT2D eigenvalue weighted by Crippen LogP contribution is -2.59. The number of unbranched alkanes of at least 4 members (excludes halogenated alkanes) is 5. The van der Waals surface area contributed by atoms with E-state index in [1.165, 1.54) is 26.2 Å². The molecule has 1 rings (SSSR count). The Bertz CT molecular complexity index is 336. The van der Waals surface area contributed by atoms with Crippen molar-refractivity contribution >= 4 is 5.97 Å². The average molecular weight is 334 g/mol. The number of carbonyl (C=O) groups is 1. The maximum absolute atomic E-state index is 10.8. The third-order valence-electron chi connectivity index (χ3n) is 3.90. The molecule has 3 N–H and O–H groups in total. The number of rotatable bonds is 10. The molecule has 7 nitrogen and oxygen atoms in total. The Hall–Kier alpha value is -0.730. The highest BCUT2D eigenvalue weighted by Gasteiger charge is 2.44. The van der Waals surface area contributed by atoms with Crippen molar-refractivity contribution < 1.29 is 34.3 Å². The van der Waals surface area contributed by atoms with Crippen LogP contribution in [0.5, 0.6) is 0 Å². The normalized spacial score (nSPS) is 31.1. The quantitative estimate of drug-likeness (QED) is 0.399. The molecule has 0 aromatic heterocycles. The second-order valence-corrected chi connectivity index (χ2v) is 5.96. The number of aliphatic hydroxyl groups is 3.